The molecular weight excluding hydrogens is 218 g/mol. The summed E-state index contributed by atoms with van der Waals surface area (Å²) in [5.41, 5.74) is 1.27. The van der Waals surface area contributed by atoms with Crippen molar-refractivity contribution in [2.75, 3.05) is 27.0 Å². The molecule has 2 nitrogen and oxygen atoms in total. The van der Waals surface area contributed by atoms with Gasteiger partial charge in [0, 0.05) is 17.5 Å². The van der Waals surface area contributed by atoms with Gasteiger partial charge in [-0.05, 0) is 44.0 Å². The quantitative estimate of drug-likeness (QED) is 0.799. The predicted octanol–water partition coefficient (Wildman–Crippen LogP) is 2.64. The Bertz CT molecular complexity index is 310. The number of thioether (sulfide) groups is 1. The number of hydrogen-bond acceptors (Lipinski definition) is 3. The van der Waals surface area contributed by atoms with E-state index >= 15 is 0 Å². The van der Waals surface area contributed by atoms with Crippen LogP contribution in [-0.4, -0.2) is 37.0 Å². The fraction of sp³-hybridized carbons (Fsp3) is 0.538. The van der Waals surface area contributed by atoms with Gasteiger partial charge in [0.15, 0.2) is 0 Å². The minimum Gasteiger partial charge on any atom is -0.396 e. The Balaban J connectivity index is 2.92. The van der Waals surface area contributed by atoms with Crippen molar-refractivity contribution in [3.8, 4) is 0 Å². The maximum absolute atomic E-state index is 9.29. The minimum absolute atomic E-state index is 0.215. The van der Waals surface area contributed by atoms with Crippen molar-refractivity contribution >= 4 is 11.8 Å². The molecule has 0 saturated heterocycles. The van der Waals surface area contributed by atoms with E-state index in [0.29, 0.717) is 0 Å². The van der Waals surface area contributed by atoms with E-state index in [1.165, 1.54) is 10.5 Å². The van der Waals surface area contributed by atoms with Crippen LogP contribution in [0.3, 0.4) is 0 Å². The van der Waals surface area contributed by atoms with Crippen LogP contribution in [0.4, 0.5) is 0 Å². The van der Waals surface area contributed by atoms with Crippen molar-refractivity contribution in [2.45, 2.75) is 17.9 Å². The lowest BCUT2D eigenvalue weighted by molar-refractivity contribution is 0.145. The molecule has 2 atom stereocenters. The number of nitrogens with zero attached hydrogens (tertiary/aromatic N) is 1. The molecule has 3 heteroatoms. The van der Waals surface area contributed by atoms with Crippen LogP contribution in [0.2, 0.25) is 0 Å². The van der Waals surface area contributed by atoms with Gasteiger partial charge in [-0.25, -0.2) is 0 Å². The summed E-state index contributed by atoms with van der Waals surface area (Å²) in [5.74, 6) is 0.245. The molecule has 0 saturated carbocycles. The molecule has 90 valence electrons. The summed E-state index contributed by atoms with van der Waals surface area (Å²) in [4.78, 5) is 3.44. The van der Waals surface area contributed by atoms with E-state index < -0.39 is 0 Å². The van der Waals surface area contributed by atoms with E-state index in [9.17, 15) is 5.11 Å². The van der Waals surface area contributed by atoms with Gasteiger partial charge in [-0.15, -0.1) is 11.8 Å². The zero-order valence-corrected chi connectivity index (χ0v) is 11.3. The Kier molecular flexibility index (Phi) is 5.32. The first-order chi connectivity index (χ1) is 7.60. The van der Waals surface area contributed by atoms with Crippen LogP contribution < -0.4 is 0 Å². The van der Waals surface area contributed by atoms with Crippen LogP contribution >= 0.6 is 11.8 Å². The average Bonchev–Trinajstić information content (AvgIpc) is 2.29. The summed E-state index contributed by atoms with van der Waals surface area (Å²) in [6.07, 6.45) is 2.08. The summed E-state index contributed by atoms with van der Waals surface area (Å²) in [6, 6.07) is 8.87. The SMILES string of the molecule is CSc1ccc(C(C(C)CO)N(C)C)cc1. The third kappa shape index (κ3) is 3.24. The molecule has 0 amide bonds. The fourth-order valence-corrected chi connectivity index (χ4v) is 2.44. The second kappa shape index (κ2) is 6.28. The van der Waals surface area contributed by atoms with E-state index in [2.05, 4.69) is 56.4 Å². The highest BCUT2D eigenvalue weighted by atomic mass is 32.2. The highest BCUT2D eigenvalue weighted by molar-refractivity contribution is 7.98. The highest BCUT2D eigenvalue weighted by Gasteiger charge is 2.20. The zero-order valence-electron chi connectivity index (χ0n) is 10.5. The maximum atomic E-state index is 9.29. The third-order valence-corrected chi connectivity index (χ3v) is 3.58. The summed E-state index contributed by atoms with van der Waals surface area (Å²) in [7, 11) is 4.11. The van der Waals surface area contributed by atoms with Crippen molar-refractivity contribution in [3.63, 3.8) is 0 Å². The number of rotatable bonds is 5. The molecule has 0 radical (unpaired) electrons. The largest absolute Gasteiger partial charge is 0.396 e. The molecule has 0 bridgehead atoms. The van der Waals surface area contributed by atoms with Crippen molar-refractivity contribution in [3.05, 3.63) is 29.8 Å². The summed E-state index contributed by atoms with van der Waals surface area (Å²) in [6.45, 7) is 2.29. The monoisotopic (exact) mass is 239 g/mol. The Morgan fingerprint density at radius 1 is 1.25 bits per heavy atom. The molecule has 0 aliphatic carbocycles. The Morgan fingerprint density at radius 3 is 2.19 bits per heavy atom. The van der Waals surface area contributed by atoms with E-state index in [4.69, 9.17) is 0 Å². The lowest BCUT2D eigenvalue weighted by Gasteiger charge is -2.29. The molecule has 2 unspecified atom stereocenters. The third-order valence-electron chi connectivity index (χ3n) is 2.84. The molecule has 1 N–H and O–H groups in total. The molecule has 16 heavy (non-hydrogen) atoms. The van der Waals surface area contributed by atoms with Gasteiger partial charge in [-0.3, -0.25) is 0 Å². The second-order valence-electron chi connectivity index (χ2n) is 4.34. The van der Waals surface area contributed by atoms with Gasteiger partial charge in [-0.2, -0.15) is 0 Å². The molecule has 0 heterocycles. The number of aliphatic hydroxyl groups is 1. The smallest absolute Gasteiger partial charge is 0.0474 e. The number of hydrogen-bond donors (Lipinski definition) is 1. The van der Waals surface area contributed by atoms with Gasteiger partial charge in [0.1, 0.15) is 0 Å². The normalized spacial score (nSPS) is 15.1. The van der Waals surface area contributed by atoms with Crippen LogP contribution in [0.5, 0.6) is 0 Å². The first kappa shape index (κ1) is 13.6. The zero-order chi connectivity index (χ0) is 12.1. The fourth-order valence-electron chi connectivity index (χ4n) is 2.04. The van der Waals surface area contributed by atoms with E-state index in [0.717, 1.165) is 0 Å². The van der Waals surface area contributed by atoms with E-state index in [1.54, 1.807) is 11.8 Å². The lowest BCUT2D eigenvalue weighted by Crippen LogP contribution is -2.27. The van der Waals surface area contributed by atoms with Crippen LogP contribution in [-0.2, 0) is 0 Å². The lowest BCUT2D eigenvalue weighted by atomic mass is 9.94. The van der Waals surface area contributed by atoms with Crippen molar-refractivity contribution in [1.29, 1.82) is 0 Å². The van der Waals surface area contributed by atoms with Crippen LogP contribution in [0.15, 0.2) is 29.2 Å². The summed E-state index contributed by atoms with van der Waals surface area (Å²) in [5, 5.41) is 9.29. The molecule has 1 rings (SSSR count). The Labute approximate surface area is 103 Å². The predicted molar refractivity (Wildman–Crippen MR) is 70.9 cm³/mol. The van der Waals surface area contributed by atoms with Gasteiger partial charge >= 0.3 is 0 Å². The van der Waals surface area contributed by atoms with Gasteiger partial charge in [-0.1, -0.05) is 19.1 Å². The molecule has 0 fully saturated rings. The maximum Gasteiger partial charge on any atom is 0.0474 e. The molecule has 1 aromatic rings. The topological polar surface area (TPSA) is 23.5 Å². The summed E-state index contributed by atoms with van der Waals surface area (Å²) >= 11 is 1.75. The van der Waals surface area contributed by atoms with Gasteiger partial charge in [0.25, 0.3) is 0 Å². The molecule has 1 aromatic carbocycles. The van der Waals surface area contributed by atoms with Crippen LogP contribution in [0.25, 0.3) is 0 Å². The van der Waals surface area contributed by atoms with E-state index in [-0.39, 0.29) is 18.6 Å². The Hall–Kier alpha value is -0.510. The van der Waals surface area contributed by atoms with Crippen molar-refractivity contribution in [2.24, 2.45) is 5.92 Å². The molecule has 0 spiro atoms. The number of benzene rings is 1. The van der Waals surface area contributed by atoms with Crippen molar-refractivity contribution < 1.29 is 5.11 Å². The minimum atomic E-state index is 0.215. The van der Waals surface area contributed by atoms with E-state index in [1.807, 2.05) is 0 Å². The van der Waals surface area contributed by atoms with Gasteiger partial charge < -0.3 is 10.0 Å². The molecule has 0 aliphatic heterocycles. The van der Waals surface area contributed by atoms with Gasteiger partial charge in [0.05, 0.1) is 0 Å². The molecule has 0 aromatic heterocycles. The first-order valence-electron chi connectivity index (χ1n) is 5.51. The highest BCUT2D eigenvalue weighted by Crippen LogP contribution is 2.27. The van der Waals surface area contributed by atoms with Crippen LogP contribution in [0.1, 0.15) is 18.5 Å². The van der Waals surface area contributed by atoms with Crippen molar-refractivity contribution in [1.82, 2.24) is 4.90 Å². The number of aliphatic hydroxyl groups excluding tert-OH is 1. The summed E-state index contributed by atoms with van der Waals surface area (Å²) < 4.78 is 0. The molecule has 0 aliphatic rings. The average molecular weight is 239 g/mol. The first-order valence-corrected chi connectivity index (χ1v) is 6.73. The van der Waals surface area contributed by atoms with Crippen LogP contribution in [0, 0.1) is 5.92 Å². The van der Waals surface area contributed by atoms with Gasteiger partial charge in [0.2, 0.25) is 0 Å². The standard InChI is InChI=1S/C13H21NOS/c1-10(9-15)13(14(2)3)11-5-7-12(16-4)8-6-11/h5-8,10,13,15H,9H2,1-4H3. The Morgan fingerprint density at radius 2 is 1.81 bits per heavy atom. The molecular formula is C13H21NOS. The second-order valence-corrected chi connectivity index (χ2v) is 5.22.